The van der Waals surface area contributed by atoms with Gasteiger partial charge >= 0.3 is 0 Å². The second-order valence-corrected chi connectivity index (χ2v) is 5.17. The number of aromatic nitrogens is 3. The number of nitrogens with zero attached hydrogens (tertiary/aromatic N) is 4. The molecule has 0 aliphatic carbocycles. The first-order chi connectivity index (χ1) is 11.2. The summed E-state index contributed by atoms with van der Waals surface area (Å²) < 4.78 is 7.42. The molecule has 7 heteroatoms. The summed E-state index contributed by atoms with van der Waals surface area (Å²) in [5, 5.41) is 10.5. The SMILES string of the molecule is CN=C(NCCCOc1ccc(C)cc1)NCc1ncnn1C. The number of guanidine groups is 1. The quantitative estimate of drug-likeness (QED) is 0.457. The maximum Gasteiger partial charge on any atom is 0.191 e. The maximum atomic E-state index is 5.69. The molecule has 0 bridgehead atoms. The summed E-state index contributed by atoms with van der Waals surface area (Å²) >= 11 is 0. The number of benzene rings is 1. The van der Waals surface area contributed by atoms with E-state index in [2.05, 4.69) is 32.6 Å². The van der Waals surface area contributed by atoms with Crippen molar-refractivity contribution in [2.75, 3.05) is 20.2 Å². The van der Waals surface area contributed by atoms with Crippen molar-refractivity contribution < 1.29 is 4.74 Å². The van der Waals surface area contributed by atoms with Gasteiger partial charge < -0.3 is 15.4 Å². The van der Waals surface area contributed by atoms with Crippen LogP contribution in [0.4, 0.5) is 0 Å². The first-order valence-corrected chi connectivity index (χ1v) is 7.66. The number of hydrogen-bond donors (Lipinski definition) is 2. The predicted molar refractivity (Wildman–Crippen MR) is 90.5 cm³/mol. The second-order valence-electron chi connectivity index (χ2n) is 5.17. The molecule has 0 aliphatic rings. The van der Waals surface area contributed by atoms with Crippen molar-refractivity contribution in [3.8, 4) is 5.75 Å². The molecule has 23 heavy (non-hydrogen) atoms. The molecule has 0 spiro atoms. The molecule has 0 aliphatic heterocycles. The molecule has 2 aromatic rings. The topological polar surface area (TPSA) is 76.4 Å². The van der Waals surface area contributed by atoms with Crippen LogP contribution in [-0.2, 0) is 13.6 Å². The van der Waals surface area contributed by atoms with E-state index in [1.165, 1.54) is 11.9 Å². The summed E-state index contributed by atoms with van der Waals surface area (Å²) in [5.41, 5.74) is 1.23. The lowest BCUT2D eigenvalue weighted by Crippen LogP contribution is -2.38. The largest absolute Gasteiger partial charge is 0.494 e. The summed E-state index contributed by atoms with van der Waals surface area (Å²) in [6.45, 7) is 4.09. The van der Waals surface area contributed by atoms with Gasteiger partial charge in [-0.1, -0.05) is 17.7 Å². The Morgan fingerprint density at radius 3 is 2.70 bits per heavy atom. The van der Waals surface area contributed by atoms with Crippen LogP contribution in [0.25, 0.3) is 0 Å². The Bertz CT molecular complexity index is 620. The molecule has 2 rings (SSSR count). The van der Waals surface area contributed by atoms with Crippen LogP contribution in [0.5, 0.6) is 5.75 Å². The van der Waals surface area contributed by atoms with Gasteiger partial charge in [-0.2, -0.15) is 5.10 Å². The summed E-state index contributed by atoms with van der Waals surface area (Å²) in [5.74, 6) is 2.50. The van der Waals surface area contributed by atoms with Gasteiger partial charge in [0.15, 0.2) is 5.96 Å². The molecular weight excluding hydrogens is 292 g/mol. The summed E-state index contributed by atoms with van der Waals surface area (Å²) in [4.78, 5) is 8.34. The van der Waals surface area contributed by atoms with E-state index < -0.39 is 0 Å². The lowest BCUT2D eigenvalue weighted by Gasteiger charge is -2.12. The van der Waals surface area contributed by atoms with Crippen LogP contribution in [0.2, 0.25) is 0 Å². The lowest BCUT2D eigenvalue weighted by atomic mass is 10.2. The number of hydrogen-bond acceptors (Lipinski definition) is 4. The fourth-order valence-corrected chi connectivity index (χ4v) is 1.97. The Hall–Kier alpha value is -2.57. The molecule has 0 radical (unpaired) electrons. The van der Waals surface area contributed by atoms with Crippen molar-refractivity contribution in [2.24, 2.45) is 12.0 Å². The average Bonchev–Trinajstić information content (AvgIpc) is 2.97. The third-order valence-electron chi connectivity index (χ3n) is 3.35. The van der Waals surface area contributed by atoms with E-state index in [9.17, 15) is 0 Å². The summed E-state index contributed by atoms with van der Waals surface area (Å²) in [6, 6.07) is 8.08. The predicted octanol–water partition coefficient (Wildman–Crippen LogP) is 1.26. The minimum absolute atomic E-state index is 0.579. The van der Waals surface area contributed by atoms with Crippen LogP contribution in [0.1, 0.15) is 17.8 Å². The van der Waals surface area contributed by atoms with Gasteiger partial charge in [-0.3, -0.25) is 9.67 Å². The zero-order valence-corrected chi connectivity index (χ0v) is 13.9. The van der Waals surface area contributed by atoms with Gasteiger partial charge in [0.25, 0.3) is 0 Å². The molecule has 0 amide bonds. The molecule has 7 nitrogen and oxygen atoms in total. The summed E-state index contributed by atoms with van der Waals surface area (Å²) in [6.07, 6.45) is 2.42. The highest BCUT2D eigenvalue weighted by atomic mass is 16.5. The van der Waals surface area contributed by atoms with E-state index in [-0.39, 0.29) is 0 Å². The number of rotatable bonds is 7. The molecule has 1 aromatic heterocycles. The molecule has 0 atom stereocenters. The maximum absolute atomic E-state index is 5.69. The van der Waals surface area contributed by atoms with Crippen molar-refractivity contribution in [3.05, 3.63) is 42.0 Å². The van der Waals surface area contributed by atoms with E-state index in [1.54, 1.807) is 11.7 Å². The third-order valence-corrected chi connectivity index (χ3v) is 3.35. The molecule has 1 heterocycles. The van der Waals surface area contributed by atoms with Gasteiger partial charge in [-0.25, -0.2) is 4.98 Å². The van der Waals surface area contributed by atoms with Crippen molar-refractivity contribution in [1.29, 1.82) is 0 Å². The average molecular weight is 316 g/mol. The Labute approximate surface area is 136 Å². The van der Waals surface area contributed by atoms with Gasteiger partial charge in [0, 0.05) is 20.6 Å². The monoisotopic (exact) mass is 316 g/mol. The van der Waals surface area contributed by atoms with Crippen molar-refractivity contribution in [1.82, 2.24) is 25.4 Å². The van der Waals surface area contributed by atoms with Crippen LogP contribution in [0, 0.1) is 6.92 Å². The molecule has 1 aromatic carbocycles. The van der Waals surface area contributed by atoms with E-state index in [1.807, 2.05) is 31.3 Å². The number of ether oxygens (including phenoxy) is 1. The fraction of sp³-hybridized carbons (Fsp3) is 0.438. The van der Waals surface area contributed by atoms with Crippen molar-refractivity contribution in [3.63, 3.8) is 0 Å². The Kier molecular flexibility index (Phi) is 6.40. The van der Waals surface area contributed by atoms with Crippen LogP contribution in [0.15, 0.2) is 35.6 Å². The second kappa shape index (κ2) is 8.77. The van der Waals surface area contributed by atoms with Gasteiger partial charge in [0.05, 0.1) is 13.2 Å². The van der Waals surface area contributed by atoms with Gasteiger partial charge in [0.2, 0.25) is 0 Å². The molecule has 0 unspecified atom stereocenters. The molecule has 0 fully saturated rings. The van der Waals surface area contributed by atoms with Crippen LogP contribution < -0.4 is 15.4 Å². The molecule has 0 saturated heterocycles. The first kappa shape index (κ1) is 16.8. The minimum Gasteiger partial charge on any atom is -0.494 e. The normalized spacial score (nSPS) is 11.3. The molecular formula is C16H24N6O. The molecule has 124 valence electrons. The van der Waals surface area contributed by atoms with Crippen LogP contribution in [-0.4, -0.2) is 40.9 Å². The lowest BCUT2D eigenvalue weighted by molar-refractivity contribution is 0.311. The van der Waals surface area contributed by atoms with Crippen LogP contribution >= 0.6 is 0 Å². The fourth-order valence-electron chi connectivity index (χ4n) is 1.97. The third kappa shape index (κ3) is 5.61. The van der Waals surface area contributed by atoms with E-state index in [4.69, 9.17) is 4.74 Å². The zero-order valence-electron chi connectivity index (χ0n) is 13.9. The van der Waals surface area contributed by atoms with Gasteiger partial charge in [0.1, 0.15) is 17.9 Å². The minimum atomic E-state index is 0.579. The summed E-state index contributed by atoms with van der Waals surface area (Å²) in [7, 11) is 3.61. The van der Waals surface area contributed by atoms with E-state index in [0.717, 1.165) is 30.5 Å². The molecule has 2 N–H and O–H groups in total. The standard InChI is InChI=1S/C16H24N6O/c1-13-5-7-14(8-6-13)23-10-4-9-18-16(17-2)19-11-15-20-12-21-22(15)3/h5-8,12H,4,9-11H2,1-3H3,(H2,17,18,19). The first-order valence-electron chi connectivity index (χ1n) is 7.66. The zero-order chi connectivity index (χ0) is 16.5. The molecule has 0 saturated carbocycles. The van der Waals surface area contributed by atoms with Crippen molar-refractivity contribution >= 4 is 5.96 Å². The van der Waals surface area contributed by atoms with Crippen LogP contribution in [0.3, 0.4) is 0 Å². The van der Waals surface area contributed by atoms with E-state index >= 15 is 0 Å². The van der Waals surface area contributed by atoms with E-state index in [0.29, 0.717) is 13.2 Å². The Morgan fingerprint density at radius 1 is 1.26 bits per heavy atom. The van der Waals surface area contributed by atoms with Gasteiger partial charge in [-0.05, 0) is 25.5 Å². The highest BCUT2D eigenvalue weighted by Crippen LogP contribution is 2.11. The highest BCUT2D eigenvalue weighted by molar-refractivity contribution is 5.79. The van der Waals surface area contributed by atoms with Crippen molar-refractivity contribution in [2.45, 2.75) is 19.9 Å². The highest BCUT2D eigenvalue weighted by Gasteiger charge is 2.02. The van der Waals surface area contributed by atoms with Gasteiger partial charge in [-0.15, -0.1) is 0 Å². The Morgan fingerprint density at radius 2 is 2.04 bits per heavy atom. The number of nitrogens with one attached hydrogen (secondary N) is 2. The Balaban J connectivity index is 1.62. The number of aryl methyl sites for hydroxylation is 2. The number of aliphatic imine (C=N–C) groups is 1. The smallest absolute Gasteiger partial charge is 0.191 e.